The van der Waals surface area contributed by atoms with E-state index in [0.29, 0.717) is 48.7 Å². The molecule has 40 heavy (non-hydrogen) atoms. The molecule has 5 rings (SSSR count). The van der Waals surface area contributed by atoms with E-state index in [1.54, 1.807) is 37.5 Å². The molecule has 0 saturated carbocycles. The van der Waals surface area contributed by atoms with Crippen molar-refractivity contribution in [2.45, 2.75) is 30.7 Å². The van der Waals surface area contributed by atoms with E-state index >= 15 is 0 Å². The second-order valence-corrected chi connectivity index (χ2v) is 11.8. The Balaban J connectivity index is 0.00000242. The van der Waals surface area contributed by atoms with Crippen molar-refractivity contribution < 1.29 is 20.9 Å². The molecule has 2 aliphatic heterocycles. The van der Waals surface area contributed by atoms with Crippen molar-refractivity contribution in [3.05, 3.63) is 72.4 Å². The van der Waals surface area contributed by atoms with Gasteiger partial charge >= 0.3 is 0 Å². The Morgan fingerprint density at radius 1 is 1.10 bits per heavy atom. The molecular formula is C28H35N7O4S. The summed E-state index contributed by atoms with van der Waals surface area (Å²) in [6, 6.07) is 12.1. The van der Waals surface area contributed by atoms with Crippen molar-refractivity contribution in [3.63, 3.8) is 0 Å². The van der Waals surface area contributed by atoms with E-state index in [1.807, 2.05) is 37.1 Å². The zero-order valence-corrected chi connectivity index (χ0v) is 23.4. The summed E-state index contributed by atoms with van der Waals surface area (Å²) in [5.74, 6) is 0.379. The fourth-order valence-corrected chi connectivity index (χ4v) is 6.46. The van der Waals surface area contributed by atoms with Gasteiger partial charge in [0.05, 0.1) is 22.3 Å². The van der Waals surface area contributed by atoms with Crippen LogP contribution in [0.2, 0.25) is 0 Å². The number of benzene rings is 2. The number of rotatable bonds is 6. The van der Waals surface area contributed by atoms with Crippen LogP contribution < -0.4 is 20.4 Å². The maximum Gasteiger partial charge on any atom is 0.260 e. The summed E-state index contributed by atoms with van der Waals surface area (Å²) < 4.78 is 28.2. The number of nitrogens with zero attached hydrogens (tertiary/aromatic N) is 5. The molecule has 3 aromatic rings. The molecule has 0 spiro atoms. The molecule has 1 saturated heterocycles. The van der Waals surface area contributed by atoms with Crippen LogP contribution in [-0.2, 0) is 14.8 Å². The molecule has 2 aromatic carbocycles. The summed E-state index contributed by atoms with van der Waals surface area (Å²) in [7, 11) is -0.215. The number of hydrogen-bond acceptors (Lipinski definition) is 8. The first-order chi connectivity index (χ1) is 19.1. The highest BCUT2D eigenvalue weighted by Crippen LogP contribution is 2.38. The lowest BCUT2D eigenvalue weighted by Crippen LogP contribution is -2.46. The SMILES string of the molecule is C=CC(=O)NC1CCN(S(=O)(=O)c2cccc(Nc3ncc4c(n3)N(C)c3ccc(C)cc3C(=O)N4C)c2)CC1.[HH].[HH]. The largest absolute Gasteiger partial charge is 0.350 e. The van der Waals surface area contributed by atoms with Gasteiger partial charge in [0, 0.05) is 41.8 Å². The Morgan fingerprint density at radius 2 is 1.85 bits per heavy atom. The van der Waals surface area contributed by atoms with Gasteiger partial charge in [-0.15, -0.1) is 0 Å². The first-order valence-corrected chi connectivity index (χ1v) is 14.3. The van der Waals surface area contributed by atoms with Crippen molar-refractivity contribution in [1.82, 2.24) is 19.6 Å². The number of hydrogen-bond donors (Lipinski definition) is 2. The Hall–Kier alpha value is -4.29. The van der Waals surface area contributed by atoms with Crippen molar-refractivity contribution in [1.29, 1.82) is 0 Å². The van der Waals surface area contributed by atoms with E-state index in [1.165, 1.54) is 15.3 Å². The van der Waals surface area contributed by atoms with E-state index in [4.69, 9.17) is 0 Å². The Morgan fingerprint density at radius 3 is 2.58 bits per heavy atom. The smallest absolute Gasteiger partial charge is 0.260 e. The zero-order valence-electron chi connectivity index (χ0n) is 22.6. The molecule has 3 heterocycles. The van der Waals surface area contributed by atoms with Gasteiger partial charge in [-0.05, 0) is 56.2 Å². The maximum atomic E-state index is 13.4. The molecule has 2 aliphatic rings. The van der Waals surface area contributed by atoms with Gasteiger partial charge in [-0.1, -0.05) is 24.3 Å². The molecule has 0 bridgehead atoms. The number of nitrogens with one attached hydrogen (secondary N) is 2. The first-order valence-electron chi connectivity index (χ1n) is 12.9. The standard InChI is InChI=1S/C28H31N7O4S.2H2/c1-5-25(36)30-19-11-13-35(14-12-19)40(38,39)21-8-6-7-20(16-21)31-28-29-17-24-26(32-28)33(3)23-10-9-18(2)15-22(23)27(37)34(24)4;;/h5-10,15-17,19H,1,11-14H2,2-4H3,(H,30,36)(H,29,31,32);2*1H. The minimum atomic E-state index is -3.75. The molecule has 1 fully saturated rings. The summed E-state index contributed by atoms with van der Waals surface area (Å²) in [5.41, 5.74) is 3.34. The summed E-state index contributed by atoms with van der Waals surface area (Å²) in [5, 5.41) is 5.94. The van der Waals surface area contributed by atoms with E-state index in [2.05, 4.69) is 27.2 Å². The predicted molar refractivity (Wildman–Crippen MR) is 158 cm³/mol. The monoisotopic (exact) mass is 565 g/mol. The number of carbonyl (C=O) groups excluding carboxylic acids is 2. The average molecular weight is 566 g/mol. The molecule has 0 unspecified atom stereocenters. The van der Waals surface area contributed by atoms with Gasteiger partial charge in [0.1, 0.15) is 5.69 Å². The minimum Gasteiger partial charge on any atom is -0.350 e. The lowest BCUT2D eigenvalue weighted by Gasteiger charge is -2.31. The quantitative estimate of drug-likeness (QED) is 0.432. The predicted octanol–water partition coefficient (Wildman–Crippen LogP) is 3.83. The second-order valence-electron chi connectivity index (χ2n) is 9.89. The summed E-state index contributed by atoms with van der Waals surface area (Å²) in [6.45, 7) is 5.99. The van der Waals surface area contributed by atoms with Crippen LogP contribution in [0.5, 0.6) is 0 Å². The number of sulfonamides is 1. The summed E-state index contributed by atoms with van der Waals surface area (Å²) in [4.78, 5) is 37.4. The lowest BCUT2D eigenvalue weighted by atomic mass is 10.1. The zero-order chi connectivity index (χ0) is 28.6. The Labute approximate surface area is 236 Å². The van der Waals surface area contributed by atoms with Gasteiger partial charge in [-0.25, -0.2) is 13.4 Å². The first kappa shape index (κ1) is 27.3. The molecule has 0 aliphatic carbocycles. The molecule has 0 atom stereocenters. The van der Waals surface area contributed by atoms with Crippen molar-refractivity contribution >= 4 is 50.7 Å². The number of aryl methyl sites for hydroxylation is 1. The minimum absolute atomic E-state index is 0. The molecule has 12 heteroatoms. The third kappa shape index (κ3) is 5.15. The number of carbonyl (C=O) groups is 2. The van der Waals surface area contributed by atoms with E-state index < -0.39 is 10.0 Å². The summed E-state index contributed by atoms with van der Waals surface area (Å²) in [6.07, 6.45) is 3.83. The Kier molecular flexibility index (Phi) is 7.30. The van der Waals surface area contributed by atoms with Crippen LogP contribution in [0.3, 0.4) is 0 Å². The van der Waals surface area contributed by atoms with Crippen molar-refractivity contribution in [2.75, 3.05) is 42.3 Å². The number of fused-ring (bicyclic) bond motifs is 2. The lowest BCUT2D eigenvalue weighted by molar-refractivity contribution is -0.117. The second kappa shape index (κ2) is 10.7. The van der Waals surface area contributed by atoms with Crippen molar-refractivity contribution in [3.8, 4) is 0 Å². The molecule has 1 aromatic heterocycles. The van der Waals surface area contributed by atoms with E-state index in [-0.39, 0.29) is 31.6 Å². The van der Waals surface area contributed by atoms with Gasteiger partial charge in [0.15, 0.2) is 5.82 Å². The van der Waals surface area contributed by atoms with Crippen LogP contribution in [0.4, 0.5) is 28.8 Å². The number of aromatic nitrogens is 2. The maximum absolute atomic E-state index is 13.4. The van der Waals surface area contributed by atoms with Crippen LogP contribution >= 0.6 is 0 Å². The normalized spacial score (nSPS) is 16.1. The third-order valence-electron chi connectivity index (χ3n) is 7.19. The van der Waals surface area contributed by atoms with Crippen LogP contribution in [-0.4, -0.2) is 67.7 Å². The third-order valence-corrected chi connectivity index (χ3v) is 9.09. The highest BCUT2D eigenvalue weighted by atomic mass is 32.2. The topological polar surface area (TPSA) is 128 Å². The van der Waals surface area contributed by atoms with Crippen LogP contribution in [0.1, 0.15) is 31.6 Å². The molecule has 0 radical (unpaired) electrons. The van der Waals surface area contributed by atoms with E-state index in [9.17, 15) is 18.0 Å². The van der Waals surface area contributed by atoms with Gasteiger partial charge in [-0.2, -0.15) is 9.29 Å². The van der Waals surface area contributed by atoms with Crippen LogP contribution in [0.15, 0.2) is 66.2 Å². The number of amides is 2. The molecular weight excluding hydrogens is 530 g/mol. The molecule has 2 N–H and O–H groups in total. The van der Waals surface area contributed by atoms with Crippen molar-refractivity contribution in [2.24, 2.45) is 0 Å². The van der Waals surface area contributed by atoms with Gasteiger partial charge < -0.3 is 20.4 Å². The van der Waals surface area contributed by atoms with Gasteiger partial charge in [-0.3, -0.25) is 9.59 Å². The molecule has 212 valence electrons. The average Bonchev–Trinajstić information content (AvgIpc) is 3.02. The van der Waals surface area contributed by atoms with Crippen LogP contribution in [0.25, 0.3) is 0 Å². The highest BCUT2D eigenvalue weighted by Gasteiger charge is 2.31. The van der Waals surface area contributed by atoms with E-state index in [0.717, 1.165) is 11.3 Å². The summed E-state index contributed by atoms with van der Waals surface area (Å²) >= 11 is 0. The number of anilines is 5. The fraction of sp³-hybridized carbons (Fsp3) is 0.286. The number of piperidine rings is 1. The highest BCUT2D eigenvalue weighted by molar-refractivity contribution is 7.89. The molecule has 11 nitrogen and oxygen atoms in total. The van der Waals surface area contributed by atoms with Crippen LogP contribution in [0, 0.1) is 6.92 Å². The van der Waals surface area contributed by atoms with Gasteiger partial charge in [0.25, 0.3) is 5.91 Å². The fourth-order valence-electron chi connectivity index (χ4n) is 4.94. The Bertz CT molecular complexity index is 1610. The van der Waals surface area contributed by atoms with Gasteiger partial charge in [0.2, 0.25) is 21.9 Å². The molecule has 2 amide bonds.